The van der Waals surface area contributed by atoms with E-state index in [1.165, 1.54) is 12.1 Å². The predicted molar refractivity (Wildman–Crippen MR) is 112 cm³/mol. The van der Waals surface area contributed by atoms with Crippen LogP contribution in [-0.2, 0) is 28.5 Å². The van der Waals surface area contributed by atoms with Crippen molar-refractivity contribution in [2.75, 3.05) is 19.7 Å². The van der Waals surface area contributed by atoms with E-state index >= 15 is 0 Å². The van der Waals surface area contributed by atoms with Gasteiger partial charge in [-0.25, -0.2) is 0 Å². The lowest BCUT2D eigenvalue weighted by Crippen LogP contribution is -2.43. The van der Waals surface area contributed by atoms with Gasteiger partial charge in [0, 0.05) is 31.1 Å². The van der Waals surface area contributed by atoms with Crippen molar-refractivity contribution in [3.05, 3.63) is 95.1 Å². The van der Waals surface area contributed by atoms with E-state index in [2.05, 4.69) is 9.97 Å². The average molecular weight is 441 g/mol. The lowest BCUT2D eigenvalue weighted by molar-refractivity contribution is -0.139. The van der Waals surface area contributed by atoms with Crippen LogP contribution in [0.2, 0.25) is 0 Å². The van der Waals surface area contributed by atoms with Crippen LogP contribution < -0.4 is 0 Å². The standard InChI is InChI=1S/C24H22F3N3O2/c25-24(26,27)20-6-2-1-4-18(20)15-19-5-3-7-21(29-19)22-16-30(12-13-32-22)23(31)14-17-8-10-28-11-9-17/h1-11,22H,12-16H2. The van der Waals surface area contributed by atoms with Crippen LogP contribution in [0.5, 0.6) is 0 Å². The molecule has 3 aromatic rings. The number of rotatable bonds is 5. The lowest BCUT2D eigenvalue weighted by Gasteiger charge is -2.33. The van der Waals surface area contributed by atoms with Crippen LogP contribution >= 0.6 is 0 Å². The second-order valence-electron chi connectivity index (χ2n) is 7.62. The van der Waals surface area contributed by atoms with Crippen LogP contribution in [0.25, 0.3) is 0 Å². The van der Waals surface area contributed by atoms with Crippen LogP contribution in [0.4, 0.5) is 13.2 Å². The minimum absolute atomic E-state index is 0.0141. The Morgan fingerprint density at radius 2 is 1.84 bits per heavy atom. The number of morpholine rings is 1. The van der Waals surface area contributed by atoms with Crippen molar-refractivity contribution in [2.45, 2.75) is 25.1 Å². The number of ether oxygens (including phenoxy) is 1. The first kappa shape index (κ1) is 22.0. The zero-order valence-electron chi connectivity index (χ0n) is 17.3. The van der Waals surface area contributed by atoms with Crippen LogP contribution in [0.15, 0.2) is 67.0 Å². The van der Waals surface area contributed by atoms with Crippen molar-refractivity contribution in [2.24, 2.45) is 0 Å². The summed E-state index contributed by atoms with van der Waals surface area (Å²) >= 11 is 0. The molecule has 166 valence electrons. The highest BCUT2D eigenvalue weighted by molar-refractivity contribution is 5.78. The molecule has 1 aliphatic rings. The smallest absolute Gasteiger partial charge is 0.368 e. The lowest BCUT2D eigenvalue weighted by atomic mass is 10.0. The summed E-state index contributed by atoms with van der Waals surface area (Å²) in [6.45, 7) is 1.20. The van der Waals surface area contributed by atoms with E-state index in [1.54, 1.807) is 53.7 Å². The van der Waals surface area contributed by atoms with E-state index in [-0.39, 0.29) is 24.3 Å². The van der Waals surface area contributed by atoms with Gasteiger partial charge in [-0.3, -0.25) is 14.8 Å². The van der Waals surface area contributed by atoms with Crippen molar-refractivity contribution in [1.82, 2.24) is 14.9 Å². The third-order valence-electron chi connectivity index (χ3n) is 5.38. The minimum atomic E-state index is -4.42. The number of hydrogen-bond donors (Lipinski definition) is 0. The van der Waals surface area contributed by atoms with Crippen LogP contribution in [0.3, 0.4) is 0 Å². The summed E-state index contributed by atoms with van der Waals surface area (Å²) in [5.41, 5.74) is 1.52. The van der Waals surface area contributed by atoms with E-state index in [4.69, 9.17) is 4.74 Å². The summed E-state index contributed by atoms with van der Waals surface area (Å²) in [6, 6.07) is 14.4. The summed E-state index contributed by atoms with van der Waals surface area (Å²) in [5, 5.41) is 0. The van der Waals surface area contributed by atoms with Crippen molar-refractivity contribution < 1.29 is 22.7 Å². The number of amides is 1. The van der Waals surface area contributed by atoms with Crippen LogP contribution in [-0.4, -0.2) is 40.5 Å². The van der Waals surface area contributed by atoms with Gasteiger partial charge in [-0.1, -0.05) is 24.3 Å². The van der Waals surface area contributed by atoms with Gasteiger partial charge in [-0.2, -0.15) is 13.2 Å². The molecule has 3 heterocycles. The quantitative estimate of drug-likeness (QED) is 0.595. The molecule has 32 heavy (non-hydrogen) atoms. The molecule has 0 spiro atoms. The minimum Gasteiger partial charge on any atom is -0.368 e. The highest BCUT2D eigenvalue weighted by Crippen LogP contribution is 2.33. The number of carbonyl (C=O) groups excluding carboxylic acids is 1. The summed E-state index contributed by atoms with van der Waals surface area (Å²) in [6.07, 6.45) is -1.22. The first-order chi connectivity index (χ1) is 15.4. The van der Waals surface area contributed by atoms with Gasteiger partial charge in [0.2, 0.25) is 5.91 Å². The van der Waals surface area contributed by atoms with E-state index in [1.807, 2.05) is 0 Å². The molecule has 8 heteroatoms. The second-order valence-corrected chi connectivity index (χ2v) is 7.62. The van der Waals surface area contributed by atoms with E-state index < -0.39 is 17.8 Å². The fraction of sp³-hybridized carbons (Fsp3) is 0.292. The molecule has 0 saturated carbocycles. The molecule has 1 aliphatic heterocycles. The molecule has 1 saturated heterocycles. The number of pyridine rings is 2. The van der Waals surface area contributed by atoms with Crippen LogP contribution in [0.1, 0.15) is 34.2 Å². The SMILES string of the molecule is O=C(Cc1ccncc1)N1CCOC(c2cccc(Cc3ccccc3C(F)(F)F)n2)C1. The van der Waals surface area contributed by atoms with Gasteiger partial charge in [-0.15, -0.1) is 0 Å². The number of aromatic nitrogens is 2. The largest absolute Gasteiger partial charge is 0.416 e. The third-order valence-corrected chi connectivity index (χ3v) is 5.38. The molecule has 0 bridgehead atoms. The maximum absolute atomic E-state index is 13.3. The van der Waals surface area contributed by atoms with Gasteiger partial charge >= 0.3 is 6.18 Å². The third kappa shape index (κ3) is 5.31. The Kier molecular flexibility index (Phi) is 6.50. The summed E-state index contributed by atoms with van der Waals surface area (Å²) in [7, 11) is 0. The molecular weight excluding hydrogens is 419 g/mol. The van der Waals surface area contributed by atoms with Gasteiger partial charge in [0.1, 0.15) is 6.10 Å². The van der Waals surface area contributed by atoms with E-state index in [9.17, 15) is 18.0 Å². The number of carbonyl (C=O) groups is 1. The number of nitrogens with zero attached hydrogens (tertiary/aromatic N) is 3. The topological polar surface area (TPSA) is 55.3 Å². The first-order valence-corrected chi connectivity index (χ1v) is 10.3. The Balaban J connectivity index is 1.47. The molecule has 1 amide bonds. The fourth-order valence-corrected chi connectivity index (χ4v) is 3.76. The Morgan fingerprint density at radius 1 is 1.06 bits per heavy atom. The van der Waals surface area contributed by atoms with Crippen molar-refractivity contribution in [3.8, 4) is 0 Å². The van der Waals surface area contributed by atoms with Crippen molar-refractivity contribution >= 4 is 5.91 Å². The number of hydrogen-bond acceptors (Lipinski definition) is 4. The Bertz CT molecular complexity index is 1070. The molecular formula is C24H22F3N3O2. The number of alkyl halides is 3. The average Bonchev–Trinajstić information content (AvgIpc) is 2.80. The van der Waals surface area contributed by atoms with Crippen LogP contribution in [0, 0.1) is 0 Å². The molecule has 4 rings (SSSR count). The van der Waals surface area contributed by atoms with Gasteiger partial charge in [0.05, 0.1) is 30.8 Å². The molecule has 5 nitrogen and oxygen atoms in total. The molecule has 1 atom stereocenters. The maximum atomic E-state index is 13.3. The molecule has 0 radical (unpaired) electrons. The fourth-order valence-electron chi connectivity index (χ4n) is 3.76. The zero-order chi connectivity index (χ0) is 22.6. The van der Waals surface area contributed by atoms with Gasteiger partial charge in [-0.05, 0) is 41.5 Å². The van der Waals surface area contributed by atoms with E-state index in [0.29, 0.717) is 31.1 Å². The van der Waals surface area contributed by atoms with E-state index in [0.717, 1.165) is 11.6 Å². The maximum Gasteiger partial charge on any atom is 0.416 e. The van der Waals surface area contributed by atoms with Gasteiger partial charge in [0.25, 0.3) is 0 Å². The summed E-state index contributed by atoms with van der Waals surface area (Å²) in [4.78, 5) is 23.0. The molecule has 1 fully saturated rings. The second kappa shape index (κ2) is 9.48. The summed E-state index contributed by atoms with van der Waals surface area (Å²) < 4.78 is 45.8. The Labute approximate surface area is 183 Å². The first-order valence-electron chi connectivity index (χ1n) is 10.3. The number of halogens is 3. The molecule has 0 aliphatic carbocycles. The predicted octanol–water partition coefficient (Wildman–Crippen LogP) is 4.23. The highest BCUT2D eigenvalue weighted by Gasteiger charge is 2.33. The molecule has 0 N–H and O–H groups in total. The molecule has 2 aromatic heterocycles. The van der Waals surface area contributed by atoms with Crippen molar-refractivity contribution in [1.29, 1.82) is 0 Å². The molecule has 1 unspecified atom stereocenters. The monoisotopic (exact) mass is 441 g/mol. The number of benzene rings is 1. The Morgan fingerprint density at radius 3 is 2.62 bits per heavy atom. The van der Waals surface area contributed by atoms with Gasteiger partial charge < -0.3 is 9.64 Å². The highest BCUT2D eigenvalue weighted by atomic mass is 19.4. The van der Waals surface area contributed by atoms with Gasteiger partial charge in [0.15, 0.2) is 0 Å². The zero-order valence-corrected chi connectivity index (χ0v) is 17.3. The normalized spacial score (nSPS) is 16.7. The molecule has 1 aromatic carbocycles. The van der Waals surface area contributed by atoms with Crippen molar-refractivity contribution in [3.63, 3.8) is 0 Å². The summed E-state index contributed by atoms with van der Waals surface area (Å²) in [5.74, 6) is -0.0141. The Hall–Kier alpha value is -3.26.